The summed E-state index contributed by atoms with van der Waals surface area (Å²) in [5.41, 5.74) is 4.47. The Kier molecular flexibility index (Phi) is 8.95. The summed E-state index contributed by atoms with van der Waals surface area (Å²) in [5.74, 6) is 1.79. The van der Waals surface area contributed by atoms with Crippen LogP contribution in [0.5, 0.6) is 11.5 Å². The zero-order chi connectivity index (χ0) is 23.0. The monoisotopic (exact) mass is 422 g/mol. The predicted octanol–water partition coefficient (Wildman–Crippen LogP) is 5.69. The molecule has 2 aromatic carbocycles. The van der Waals surface area contributed by atoms with Crippen molar-refractivity contribution in [3.8, 4) is 17.6 Å². The van der Waals surface area contributed by atoms with Gasteiger partial charge in [0.15, 0.2) is 11.5 Å². The molecule has 0 heterocycles. The quantitative estimate of drug-likeness (QED) is 0.466. The van der Waals surface area contributed by atoms with Crippen LogP contribution in [0.2, 0.25) is 0 Å². The van der Waals surface area contributed by atoms with Gasteiger partial charge in [0.1, 0.15) is 0 Å². The summed E-state index contributed by atoms with van der Waals surface area (Å²) in [6.07, 6.45) is 2.80. The molecule has 4 heteroatoms. The molecule has 4 nitrogen and oxygen atoms in total. The molecule has 0 aromatic heterocycles. The van der Waals surface area contributed by atoms with Gasteiger partial charge in [0, 0.05) is 6.54 Å². The van der Waals surface area contributed by atoms with Gasteiger partial charge in [-0.15, -0.1) is 0 Å². The number of nitriles is 1. The number of nitrogens with zero attached hydrogens (tertiary/aromatic N) is 2. The smallest absolute Gasteiger partial charge is 0.160 e. The van der Waals surface area contributed by atoms with E-state index in [0.29, 0.717) is 0 Å². The molecule has 0 saturated heterocycles. The van der Waals surface area contributed by atoms with E-state index in [1.807, 2.05) is 12.1 Å². The highest BCUT2D eigenvalue weighted by atomic mass is 16.5. The van der Waals surface area contributed by atoms with E-state index in [-0.39, 0.29) is 5.92 Å². The molecule has 0 spiro atoms. The Morgan fingerprint density at radius 1 is 0.968 bits per heavy atom. The molecule has 0 amide bonds. The number of ether oxygens (including phenoxy) is 2. The molecule has 0 N–H and O–H groups in total. The third-order valence-corrected chi connectivity index (χ3v) is 6.55. The van der Waals surface area contributed by atoms with E-state index < -0.39 is 5.41 Å². The SMILES string of the molecule is COc1ccc(CCN(C)CCCC(C#N)(c2ccc(C)c(C)c2)C(C)C)cc1OC. The van der Waals surface area contributed by atoms with Gasteiger partial charge in [-0.2, -0.15) is 5.26 Å². The lowest BCUT2D eigenvalue weighted by Gasteiger charge is -2.32. The summed E-state index contributed by atoms with van der Waals surface area (Å²) >= 11 is 0. The molecule has 0 aliphatic heterocycles. The van der Waals surface area contributed by atoms with E-state index >= 15 is 0 Å². The van der Waals surface area contributed by atoms with Crippen molar-refractivity contribution in [3.63, 3.8) is 0 Å². The lowest BCUT2D eigenvalue weighted by Crippen LogP contribution is -2.32. The third-order valence-electron chi connectivity index (χ3n) is 6.55. The van der Waals surface area contributed by atoms with Crippen molar-refractivity contribution in [2.75, 3.05) is 34.4 Å². The van der Waals surface area contributed by atoms with Crippen LogP contribution in [-0.4, -0.2) is 39.3 Å². The highest BCUT2D eigenvalue weighted by Gasteiger charge is 2.35. The number of benzene rings is 2. The molecule has 0 radical (unpaired) electrons. The lowest BCUT2D eigenvalue weighted by molar-refractivity contribution is 0.293. The van der Waals surface area contributed by atoms with Crippen LogP contribution in [0.1, 0.15) is 48.9 Å². The van der Waals surface area contributed by atoms with E-state index in [2.05, 4.69) is 70.0 Å². The molecular formula is C27H38N2O2. The van der Waals surface area contributed by atoms with Gasteiger partial charge in [-0.3, -0.25) is 0 Å². The Morgan fingerprint density at radius 2 is 1.68 bits per heavy atom. The molecule has 1 atom stereocenters. The largest absolute Gasteiger partial charge is 0.493 e. The van der Waals surface area contributed by atoms with Gasteiger partial charge in [-0.25, -0.2) is 0 Å². The van der Waals surface area contributed by atoms with Crippen molar-refractivity contribution in [1.82, 2.24) is 4.90 Å². The molecule has 31 heavy (non-hydrogen) atoms. The molecule has 2 rings (SSSR count). The van der Waals surface area contributed by atoms with Crippen LogP contribution in [0.4, 0.5) is 0 Å². The minimum absolute atomic E-state index is 0.261. The number of aryl methyl sites for hydroxylation is 2. The van der Waals surface area contributed by atoms with E-state index in [0.717, 1.165) is 49.4 Å². The summed E-state index contributed by atoms with van der Waals surface area (Å²) in [4.78, 5) is 2.35. The predicted molar refractivity (Wildman–Crippen MR) is 128 cm³/mol. The first-order valence-corrected chi connectivity index (χ1v) is 11.2. The Bertz CT molecular complexity index is 901. The van der Waals surface area contributed by atoms with E-state index in [1.54, 1.807) is 14.2 Å². The summed E-state index contributed by atoms with van der Waals surface area (Å²) < 4.78 is 10.7. The third kappa shape index (κ3) is 6.02. The second-order valence-corrected chi connectivity index (χ2v) is 8.88. The second-order valence-electron chi connectivity index (χ2n) is 8.88. The van der Waals surface area contributed by atoms with Crippen molar-refractivity contribution < 1.29 is 9.47 Å². The number of hydrogen-bond donors (Lipinski definition) is 0. The Labute approximate surface area is 188 Å². The number of methoxy groups -OCH3 is 2. The number of hydrogen-bond acceptors (Lipinski definition) is 4. The van der Waals surface area contributed by atoms with Crippen LogP contribution in [0.15, 0.2) is 36.4 Å². The van der Waals surface area contributed by atoms with E-state index in [1.165, 1.54) is 16.7 Å². The average Bonchev–Trinajstić information content (AvgIpc) is 2.76. The van der Waals surface area contributed by atoms with Crippen molar-refractivity contribution >= 4 is 0 Å². The number of rotatable bonds is 11. The second kappa shape index (κ2) is 11.2. The van der Waals surface area contributed by atoms with Crippen LogP contribution in [0, 0.1) is 31.1 Å². The Morgan fingerprint density at radius 3 is 2.26 bits per heavy atom. The molecule has 1 unspecified atom stereocenters. The zero-order valence-electron chi connectivity index (χ0n) is 20.3. The van der Waals surface area contributed by atoms with Crippen molar-refractivity contribution in [2.45, 2.75) is 52.4 Å². The summed E-state index contributed by atoms with van der Waals surface area (Å²) in [6, 6.07) is 15.3. The van der Waals surface area contributed by atoms with Gasteiger partial charge < -0.3 is 14.4 Å². The normalized spacial score (nSPS) is 13.2. The highest BCUT2D eigenvalue weighted by Crippen LogP contribution is 2.37. The summed E-state index contributed by atoms with van der Waals surface area (Å²) in [5, 5.41) is 10.2. The fourth-order valence-corrected chi connectivity index (χ4v) is 4.13. The van der Waals surface area contributed by atoms with Gasteiger partial charge in [-0.05, 0) is 87.0 Å². The van der Waals surface area contributed by atoms with Crippen LogP contribution in [0.25, 0.3) is 0 Å². The van der Waals surface area contributed by atoms with Crippen molar-refractivity contribution in [1.29, 1.82) is 5.26 Å². The van der Waals surface area contributed by atoms with E-state index in [4.69, 9.17) is 9.47 Å². The molecule has 2 aromatic rings. The lowest BCUT2D eigenvalue weighted by atomic mass is 9.69. The molecule has 168 valence electrons. The minimum Gasteiger partial charge on any atom is -0.493 e. The van der Waals surface area contributed by atoms with Gasteiger partial charge >= 0.3 is 0 Å². The first-order valence-electron chi connectivity index (χ1n) is 11.2. The molecule has 0 aliphatic carbocycles. The molecule has 0 saturated carbocycles. The highest BCUT2D eigenvalue weighted by molar-refractivity contribution is 5.43. The first-order chi connectivity index (χ1) is 14.8. The van der Waals surface area contributed by atoms with Crippen LogP contribution < -0.4 is 9.47 Å². The summed E-state index contributed by atoms with van der Waals surface area (Å²) in [6.45, 7) is 10.5. The van der Waals surface area contributed by atoms with Gasteiger partial charge in [0.2, 0.25) is 0 Å². The molecule has 0 aliphatic rings. The van der Waals surface area contributed by atoms with Gasteiger partial charge in [0.05, 0.1) is 25.7 Å². The Balaban J connectivity index is 1.98. The van der Waals surface area contributed by atoms with E-state index in [9.17, 15) is 5.26 Å². The minimum atomic E-state index is -0.442. The van der Waals surface area contributed by atoms with Gasteiger partial charge in [0.25, 0.3) is 0 Å². The molecular weight excluding hydrogens is 384 g/mol. The standard InChI is InChI=1S/C27H38N2O2/c1-20(2)27(19-28,24-11-9-21(3)22(4)17-24)14-8-15-29(5)16-13-23-10-12-25(30-6)26(18-23)31-7/h9-12,17-18,20H,8,13-16H2,1-7H3. The fraction of sp³-hybridized carbons (Fsp3) is 0.519. The van der Waals surface area contributed by atoms with Crippen molar-refractivity contribution in [3.05, 3.63) is 58.7 Å². The zero-order valence-corrected chi connectivity index (χ0v) is 20.3. The number of likely N-dealkylation sites (N-methyl/N-ethyl adjacent to an activating group) is 1. The topological polar surface area (TPSA) is 45.5 Å². The van der Waals surface area contributed by atoms with Gasteiger partial charge in [-0.1, -0.05) is 38.1 Å². The maximum Gasteiger partial charge on any atom is 0.160 e. The maximum atomic E-state index is 10.2. The Hall–Kier alpha value is -2.51. The summed E-state index contributed by atoms with van der Waals surface area (Å²) in [7, 11) is 5.47. The first kappa shape index (κ1) is 24.8. The molecule has 0 fully saturated rings. The molecule has 0 bridgehead atoms. The van der Waals surface area contributed by atoms with Crippen LogP contribution in [0.3, 0.4) is 0 Å². The maximum absolute atomic E-state index is 10.2. The van der Waals surface area contributed by atoms with Crippen LogP contribution >= 0.6 is 0 Å². The fourth-order valence-electron chi connectivity index (χ4n) is 4.13. The average molecular weight is 423 g/mol. The van der Waals surface area contributed by atoms with Crippen molar-refractivity contribution in [2.24, 2.45) is 5.92 Å². The van der Waals surface area contributed by atoms with Crippen LogP contribution in [-0.2, 0) is 11.8 Å².